The molecule has 0 aliphatic heterocycles. The fourth-order valence-corrected chi connectivity index (χ4v) is 7.34. The van der Waals surface area contributed by atoms with Crippen molar-refractivity contribution in [1.29, 1.82) is 0 Å². The zero-order valence-electron chi connectivity index (χ0n) is 36.0. The van der Waals surface area contributed by atoms with E-state index >= 15 is 0 Å². The Morgan fingerprint density at radius 2 is 0.759 bits per heavy atom. The summed E-state index contributed by atoms with van der Waals surface area (Å²) in [4.78, 5) is 12.5. The molecule has 0 aromatic rings. The molecule has 0 saturated carbocycles. The molecule has 0 aliphatic carbocycles. The first-order chi connectivity index (χ1) is 26.5. The van der Waals surface area contributed by atoms with Crippen LogP contribution in [0.5, 0.6) is 0 Å². The first-order valence-electron chi connectivity index (χ1n) is 23.7. The first kappa shape index (κ1) is 52.8. The number of nitrogens with one attached hydrogen (secondary N) is 1. The first-order valence-corrected chi connectivity index (χ1v) is 23.7. The second-order valence-electron chi connectivity index (χ2n) is 16.4. The van der Waals surface area contributed by atoms with Crippen LogP contribution >= 0.6 is 0 Å². The summed E-state index contributed by atoms with van der Waals surface area (Å²) >= 11 is 0. The summed E-state index contributed by atoms with van der Waals surface area (Å²) in [5, 5.41) is 43.6. The lowest BCUT2D eigenvalue weighted by Gasteiger charge is -2.27. The van der Waals surface area contributed by atoms with Gasteiger partial charge >= 0.3 is 0 Å². The Labute approximate surface area is 335 Å². The fourth-order valence-electron chi connectivity index (χ4n) is 7.34. The lowest BCUT2D eigenvalue weighted by molar-refractivity contribution is -0.132. The van der Waals surface area contributed by atoms with E-state index in [0.29, 0.717) is 12.8 Å². The van der Waals surface area contributed by atoms with E-state index in [1.165, 1.54) is 161 Å². The van der Waals surface area contributed by atoms with Gasteiger partial charge in [0.2, 0.25) is 5.91 Å². The quantitative estimate of drug-likeness (QED) is 0.0314. The minimum absolute atomic E-state index is 0.349. The van der Waals surface area contributed by atoms with Gasteiger partial charge in [-0.25, -0.2) is 0 Å². The summed E-state index contributed by atoms with van der Waals surface area (Å²) in [5.74, 6) is -0.603. The maximum absolute atomic E-state index is 12.5. The van der Waals surface area contributed by atoms with Crippen LogP contribution in [0.2, 0.25) is 0 Å². The molecule has 1 amide bonds. The number of aliphatic hydroxyl groups is 4. The summed E-state index contributed by atoms with van der Waals surface area (Å²) in [5.41, 5.74) is 0. The zero-order chi connectivity index (χ0) is 39.6. The Kier molecular flexibility index (Phi) is 42.0. The number of rotatable bonds is 43. The average molecular weight is 764 g/mol. The monoisotopic (exact) mass is 764 g/mol. The molecule has 0 bridgehead atoms. The topological polar surface area (TPSA) is 110 Å². The molecule has 4 unspecified atom stereocenters. The molecule has 0 rings (SSSR count). The Hall–Kier alpha value is -1.21. The highest BCUT2D eigenvalue weighted by atomic mass is 16.3. The second kappa shape index (κ2) is 42.9. The number of amides is 1. The van der Waals surface area contributed by atoms with Gasteiger partial charge in [-0.1, -0.05) is 205 Å². The third kappa shape index (κ3) is 36.4. The van der Waals surface area contributed by atoms with Crippen LogP contribution in [0.4, 0.5) is 0 Å². The fraction of sp³-hybridized carbons (Fsp3) is 0.896. The SMILES string of the molecule is CCCCC/C=C\CCCCCCC(O)C(=O)NC(CO)C(O)C(O)CCC/C=C/CCCCCCCCCCCCCCCCCCCCCCCC. The van der Waals surface area contributed by atoms with Crippen LogP contribution in [0.25, 0.3) is 0 Å². The molecule has 4 atom stereocenters. The molecule has 0 fully saturated rings. The van der Waals surface area contributed by atoms with E-state index in [-0.39, 0.29) is 0 Å². The molecule has 6 heteroatoms. The largest absolute Gasteiger partial charge is 0.394 e. The Morgan fingerprint density at radius 1 is 0.444 bits per heavy atom. The molecule has 0 aromatic carbocycles. The minimum Gasteiger partial charge on any atom is -0.394 e. The zero-order valence-corrected chi connectivity index (χ0v) is 36.0. The summed E-state index contributed by atoms with van der Waals surface area (Å²) in [7, 11) is 0. The minimum atomic E-state index is -1.28. The molecular weight excluding hydrogens is 671 g/mol. The molecule has 0 spiro atoms. The van der Waals surface area contributed by atoms with Crippen molar-refractivity contribution in [2.75, 3.05) is 6.61 Å². The van der Waals surface area contributed by atoms with Crippen molar-refractivity contribution in [3.63, 3.8) is 0 Å². The highest BCUT2D eigenvalue weighted by molar-refractivity contribution is 5.80. The average Bonchev–Trinajstić information content (AvgIpc) is 3.18. The van der Waals surface area contributed by atoms with Crippen LogP contribution in [-0.4, -0.2) is 57.3 Å². The molecule has 5 N–H and O–H groups in total. The van der Waals surface area contributed by atoms with Gasteiger partial charge in [0.15, 0.2) is 0 Å². The Morgan fingerprint density at radius 3 is 1.15 bits per heavy atom. The standard InChI is InChI=1S/C48H93NO5/c1-3-5-7-9-11-13-15-16-17-18-19-20-21-22-23-24-25-26-27-28-29-30-32-33-35-37-39-41-45(51)47(53)44(43-50)49-48(54)46(52)42-40-38-36-34-31-14-12-10-8-6-4-2/h12,14,33,35,44-47,50-53H,3-11,13,15-32,34,36-43H2,1-2H3,(H,49,54)/b14-12-,35-33+. The molecular formula is C48H93NO5. The third-order valence-electron chi connectivity index (χ3n) is 11.1. The summed E-state index contributed by atoms with van der Waals surface area (Å²) < 4.78 is 0. The van der Waals surface area contributed by atoms with Gasteiger partial charge in [0.05, 0.1) is 18.8 Å². The smallest absolute Gasteiger partial charge is 0.249 e. The maximum Gasteiger partial charge on any atom is 0.249 e. The van der Waals surface area contributed by atoms with Gasteiger partial charge in [0, 0.05) is 0 Å². The molecule has 54 heavy (non-hydrogen) atoms. The van der Waals surface area contributed by atoms with Crippen LogP contribution in [0.3, 0.4) is 0 Å². The molecule has 0 radical (unpaired) electrons. The number of carbonyl (C=O) groups is 1. The van der Waals surface area contributed by atoms with Crippen LogP contribution < -0.4 is 5.32 Å². The molecule has 6 nitrogen and oxygen atoms in total. The number of carbonyl (C=O) groups excluding carboxylic acids is 1. The van der Waals surface area contributed by atoms with Gasteiger partial charge in [0.1, 0.15) is 12.2 Å². The summed E-state index contributed by atoms with van der Waals surface area (Å²) in [6, 6.07) is -1.00. The van der Waals surface area contributed by atoms with Crippen molar-refractivity contribution < 1.29 is 25.2 Å². The van der Waals surface area contributed by atoms with Crippen molar-refractivity contribution in [2.24, 2.45) is 0 Å². The second-order valence-corrected chi connectivity index (χ2v) is 16.4. The van der Waals surface area contributed by atoms with Crippen LogP contribution in [0, 0.1) is 0 Å². The van der Waals surface area contributed by atoms with Gasteiger partial charge in [-0.2, -0.15) is 0 Å². The van der Waals surface area contributed by atoms with E-state index in [2.05, 4.69) is 43.5 Å². The number of aliphatic hydroxyl groups excluding tert-OH is 4. The van der Waals surface area contributed by atoms with Crippen molar-refractivity contribution in [1.82, 2.24) is 5.32 Å². The molecule has 0 aliphatic rings. The van der Waals surface area contributed by atoms with Crippen LogP contribution in [-0.2, 0) is 4.79 Å². The van der Waals surface area contributed by atoms with Crippen molar-refractivity contribution in [3.05, 3.63) is 24.3 Å². The van der Waals surface area contributed by atoms with Crippen molar-refractivity contribution in [2.45, 2.75) is 269 Å². The number of unbranched alkanes of at least 4 members (excludes halogenated alkanes) is 30. The lowest BCUT2D eigenvalue weighted by atomic mass is 10.00. The van der Waals surface area contributed by atoms with Crippen molar-refractivity contribution >= 4 is 5.91 Å². The Balaban J connectivity index is 3.65. The predicted molar refractivity (Wildman–Crippen MR) is 233 cm³/mol. The third-order valence-corrected chi connectivity index (χ3v) is 11.1. The molecule has 0 aromatic heterocycles. The van der Waals surface area contributed by atoms with Gasteiger partial charge in [-0.15, -0.1) is 0 Å². The number of hydrogen-bond donors (Lipinski definition) is 5. The van der Waals surface area contributed by atoms with Gasteiger partial charge in [-0.05, 0) is 64.2 Å². The van der Waals surface area contributed by atoms with E-state index in [9.17, 15) is 25.2 Å². The maximum atomic E-state index is 12.5. The summed E-state index contributed by atoms with van der Waals surface area (Å²) in [6.45, 7) is 4.01. The highest BCUT2D eigenvalue weighted by Gasteiger charge is 2.28. The van der Waals surface area contributed by atoms with E-state index in [0.717, 1.165) is 57.8 Å². The van der Waals surface area contributed by atoms with Gasteiger partial charge < -0.3 is 25.7 Å². The normalized spacial score (nSPS) is 14.3. The van der Waals surface area contributed by atoms with Crippen molar-refractivity contribution in [3.8, 4) is 0 Å². The summed E-state index contributed by atoms with van der Waals surface area (Å²) in [6.07, 6.45) is 49.6. The van der Waals surface area contributed by atoms with E-state index in [1.807, 2.05) is 0 Å². The van der Waals surface area contributed by atoms with E-state index < -0.39 is 36.9 Å². The molecule has 0 saturated heterocycles. The Bertz CT molecular complexity index is 817. The predicted octanol–water partition coefficient (Wildman–Crippen LogP) is 12.7. The molecule has 320 valence electrons. The number of allylic oxidation sites excluding steroid dienone is 4. The van der Waals surface area contributed by atoms with Gasteiger partial charge in [0.25, 0.3) is 0 Å². The van der Waals surface area contributed by atoms with Crippen LogP contribution in [0.15, 0.2) is 24.3 Å². The van der Waals surface area contributed by atoms with Crippen LogP contribution in [0.1, 0.15) is 245 Å². The lowest BCUT2D eigenvalue weighted by Crippen LogP contribution is -2.53. The van der Waals surface area contributed by atoms with Gasteiger partial charge in [-0.3, -0.25) is 4.79 Å². The number of hydrogen-bond acceptors (Lipinski definition) is 5. The highest BCUT2D eigenvalue weighted by Crippen LogP contribution is 2.16. The van der Waals surface area contributed by atoms with E-state index in [4.69, 9.17) is 0 Å². The molecule has 0 heterocycles. The van der Waals surface area contributed by atoms with E-state index in [1.54, 1.807) is 0 Å².